The van der Waals surface area contributed by atoms with Gasteiger partial charge in [-0.1, -0.05) is 19.3 Å². The monoisotopic (exact) mass is 279 g/mol. The van der Waals surface area contributed by atoms with Gasteiger partial charge in [0.2, 0.25) is 0 Å². The van der Waals surface area contributed by atoms with Crippen molar-refractivity contribution in [1.29, 1.82) is 0 Å². The molecule has 0 unspecified atom stereocenters. The molecule has 20 heavy (non-hydrogen) atoms. The predicted octanol–water partition coefficient (Wildman–Crippen LogP) is 2.98. The molecule has 1 saturated carbocycles. The van der Waals surface area contributed by atoms with Gasteiger partial charge in [-0.05, 0) is 32.6 Å². The molecule has 1 aliphatic carbocycles. The highest BCUT2D eigenvalue weighted by molar-refractivity contribution is 5.68. The maximum atomic E-state index is 11.1. The lowest BCUT2D eigenvalue weighted by Gasteiger charge is -2.21. The molecule has 2 rings (SSSR count). The summed E-state index contributed by atoms with van der Waals surface area (Å²) in [4.78, 5) is 15.7. The lowest BCUT2D eigenvalue weighted by Crippen LogP contribution is -2.13. The first-order valence-corrected chi connectivity index (χ1v) is 7.69. The zero-order valence-corrected chi connectivity index (χ0v) is 12.6. The Hall–Kier alpha value is -1.39. The van der Waals surface area contributed by atoms with Gasteiger partial charge in [0.1, 0.15) is 11.6 Å². The Kier molecular flexibility index (Phi) is 5.56. The van der Waals surface area contributed by atoms with E-state index in [9.17, 15) is 4.79 Å². The molecule has 0 atom stereocenters. The summed E-state index contributed by atoms with van der Waals surface area (Å²) >= 11 is 0. The number of aromatic nitrogens is 3. The van der Waals surface area contributed by atoms with Crippen LogP contribution in [0.3, 0.4) is 0 Å². The number of methoxy groups -OCH3 is 1. The van der Waals surface area contributed by atoms with Gasteiger partial charge >= 0.3 is 5.97 Å². The van der Waals surface area contributed by atoms with Crippen molar-refractivity contribution in [2.45, 2.75) is 70.8 Å². The summed E-state index contributed by atoms with van der Waals surface area (Å²) in [6.07, 6.45) is 8.71. The first kappa shape index (κ1) is 15.0. The molecule has 1 aromatic heterocycles. The average molecular weight is 279 g/mol. The molecule has 5 nitrogen and oxygen atoms in total. The molecule has 0 aliphatic heterocycles. The molecule has 1 aromatic rings. The van der Waals surface area contributed by atoms with Crippen molar-refractivity contribution >= 4 is 5.97 Å². The highest BCUT2D eigenvalue weighted by atomic mass is 16.5. The summed E-state index contributed by atoms with van der Waals surface area (Å²) in [5, 5.41) is 4.51. The molecular weight excluding hydrogens is 254 g/mol. The number of unbranched alkanes of at least 4 members (excludes halogenated alkanes) is 1. The van der Waals surface area contributed by atoms with E-state index in [1.54, 1.807) is 0 Å². The van der Waals surface area contributed by atoms with Gasteiger partial charge < -0.3 is 4.74 Å². The lowest BCUT2D eigenvalue weighted by molar-refractivity contribution is -0.140. The van der Waals surface area contributed by atoms with Crippen LogP contribution >= 0.6 is 0 Å². The second-order valence-corrected chi connectivity index (χ2v) is 5.61. The fraction of sp³-hybridized carbons (Fsp3) is 0.800. The molecule has 0 spiro atoms. The Labute approximate surface area is 120 Å². The summed E-state index contributed by atoms with van der Waals surface area (Å²) < 4.78 is 6.71. The Morgan fingerprint density at radius 2 is 2.05 bits per heavy atom. The largest absolute Gasteiger partial charge is 0.469 e. The number of hydrogen-bond donors (Lipinski definition) is 0. The molecule has 0 amide bonds. The van der Waals surface area contributed by atoms with Crippen molar-refractivity contribution in [3.05, 3.63) is 11.6 Å². The number of aryl methyl sites for hydroxylation is 2. The quantitative estimate of drug-likeness (QED) is 0.593. The number of hydrogen-bond acceptors (Lipinski definition) is 4. The van der Waals surface area contributed by atoms with Crippen LogP contribution in [-0.4, -0.2) is 27.8 Å². The van der Waals surface area contributed by atoms with Crippen molar-refractivity contribution in [1.82, 2.24) is 14.8 Å². The van der Waals surface area contributed by atoms with Gasteiger partial charge in [-0.2, -0.15) is 5.10 Å². The topological polar surface area (TPSA) is 57.0 Å². The molecule has 112 valence electrons. The number of rotatable bonds is 6. The van der Waals surface area contributed by atoms with E-state index in [-0.39, 0.29) is 5.97 Å². The number of ether oxygens (including phenoxy) is 1. The van der Waals surface area contributed by atoms with Gasteiger partial charge in [-0.3, -0.25) is 4.79 Å². The highest BCUT2D eigenvalue weighted by Gasteiger charge is 2.21. The van der Waals surface area contributed by atoms with E-state index in [1.165, 1.54) is 39.2 Å². The summed E-state index contributed by atoms with van der Waals surface area (Å²) in [7, 11) is 1.43. The third-order valence-corrected chi connectivity index (χ3v) is 4.01. The molecule has 0 aromatic carbocycles. The maximum absolute atomic E-state index is 11.1. The first-order valence-electron chi connectivity index (χ1n) is 7.69. The van der Waals surface area contributed by atoms with Gasteiger partial charge in [0, 0.05) is 18.9 Å². The van der Waals surface area contributed by atoms with Crippen LogP contribution in [0.2, 0.25) is 0 Å². The minimum atomic E-state index is -0.132. The van der Waals surface area contributed by atoms with E-state index in [2.05, 4.69) is 19.5 Å². The lowest BCUT2D eigenvalue weighted by atomic mass is 9.88. The molecule has 0 N–H and O–H groups in total. The molecule has 0 radical (unpaired) electrons. The maximum Gasteiger partial charge on any atom is 0.305 e. The van der Waals surface area contributed by atoms with Crippen LogP contribution in [0.5, 0.6) is 0 Å². The molecule has 0 saturated heterocycles. The van der Waals surface area contributed by atoms with Crippen molar-refractivity contribution in [3.63, 3.8) is 0 Å². The van der Waals surface area contributed by atoms with E-state index in [1.807, 2.05) is 6.92 Å². The standard InChI is InChI=1S/C15H25N3O2/c1-12-16-15(13-8-4-3-5-9-13)18(17-12)11-7-6-10-14(19)20-2/h13H,3-11H2,1-2H3. The molecule has 1 fully saturated rings. The Morgan fingerprint density at radius 1 is 1.30 bits per heavy atom. The molecule has 1 aliphatic rings. The minimum Gasteiger partial charge on any atom is -0.469 e. The fourth-order valence-electron chi connectivity index (χ4n) is 2.93. The van der Waals surface area contributed by atoms with Crippen molar-refractivity contribution in [2.24, 2.45) is 0 Å². The van der Waals surface area contributed by atoms with E-state index >= 15 is 0 Å². The Bertz CT molecular complexity index is 436. The van der Waals surface area contributed by atoms with Crippen LogP contribution in [0.25, 0.3) is 0 Å². The zero-order valence-electron chi connectivity index (χ0n) is 12.6. The van der Waals surface area contributed by atoms with Crippen LogP contribution in [0.15, 0.2) is 0 Å². The first-order chi connectivity index (χ1) is 9.70. The number of carbonyl (C=O) groups is 1. The van der Waals surface area contributed by atoms with Crippen LogP contribution in [0.1, 0.15) is 68.9 Å². The van der Waals surface area contributed by atoms with Gasteiger partial charge in [0.15, 0.2) is 0 Å². The molecular formula is C15H25N3O2. The SMILES string of the molecule is COC(=O)CCCCn1nc(C)nc1C1CCCCC1. The number of esters is 1. The summed E-state index contributed by atoms with van der Waals surface area (Å²) in [5.74, 6) is 2.46. The van der Waals surface area contributed by atoms with E-state index < -0.39 is 0 Å². The van der Waals surface area contributed by atoms with E-state index in [0.717, 1.165) is 31.0 Å². The minimum absolute atomic E-state index is 0.132. The van der Waals surface area contributed by atoms with Gasteiger partial charge in [0.25, 0.3) is 0 Å². The average Bonchev–Trinajstić information content (AvgIpc) is 2.85. The third kappa shape index (κ3) is 4.05. The van der Waals surface area contributed by atoms with Crippen molar-refractivity contribution < 1.29 is 9.53 Å². The van der Waals surface area contributed by atoms with Crippen LogP contribution in [0.4, 0.5) is 0 Å². The van der Waals surface area contributed by atoms with Crippen LogP contribution in [0, 0.1) is 6.92 Å². The fourth-order valence-corrected chi connectivity index (χ4v) is 2.93. The van der Waals surface area contributed by atoms with E-state index in [4.69, 9.17) is 0 Å². The Morgan fingerprint density at radius 3 is 2.75 bits per heavy atom. The predicted molar refractivity (Wildman–Crippen MR) is 76.5 cm³/mol. The highest BCUT2D eigenvalue weighted by Crippen LogP contribution is 2.31. The number of nitrogens with zero attached hydrogens (tertiary/aromatic N) is 3. The Balaban J connectivity index is 1.88. The molecule has 5 heteroatoms. The second kappa shape index (κ2) is 7.41. The van der Waals surface area contributed by atoms with Crippen LogP contribution in [-0.2, 0) is 16.1 Å². The zero-order chi connectivity index (χ0) is 14.4. The van der Waals surface area contributed by atoms with Gasteiger partial charge in [0.05, 0.1) is 7.11 Å². The number of carbonyl (C=O) groups excluding carboxylic acids is 1. The third-order valence-electron chi connectivity index (χ3n) is 4.01. The van der Waals surface area contributed by atoms with Crippen molar-refractivity contribution in [2.75, 3.05) is 7.11 Å². The smallest absolute Gasteiger partial charge is 0.305 e. The summed E-state index contributed by atoms with van der Waals surface area (Å²) in [5.41, 5.74) is 0. The van der Waals surface area contributed by atoms with Gasteiger partial charge in [-0.15, -0.1) is 0 Å². The normalized spacial score (nSPS) is 16.3. The summed E-state index contributed by atoms with van der Waals surface area (Å²) in [6.45, 7) is 2.81. The van der Waals surface area contributed by atoms with Crippen molar-refractivity contribution in [3.8, 4) is 0 Å². The molecule has 1 heterocycles. The van der Waals surface area contributed by atoms with Crippen LogP contribution < -0.4 is 0 Å². The van der Waals surface area contributed by atoms with E-state index in [0.29, 0.717) is 12.3 Å². The second-order valence-electron chi connectivity index (χ2n) is 5.61. The summed E-state index contributed by atoms with van der Waals surface area (Å²) in [6, 6.07) is 0. The van der Waals surface area contributed by atoms with Gasteiger partial charge in [-0.25, -0.2) is 9.67 Å². The molecule has 0 bridgehead atoms.